The summed E-state index contributed by atoms with van der Waals surface area (Å²) in [6, 6.07) is 0. The quantitative estimate of drug-likeness (QED) is 0.549. The number of ketones is 2. The van der Waals surface area contributed by atoms with E-state index in [1.54, 1.807) is 6.92 Å². The van der Waals surface area contributed by atoms with Gasteiger partial charge in [0, 0.05) is 17.8 Å². The van der Waals surface area contributed by atoms with E-state index in [0.717, 1.165) is 44.9 Å². The molecule has 148 valence electrons. The molecule has 27 heavy (non-hydrogen) atoms. The predicted molar refractivity (Wildman–Crippen MR) is 98.2 cm³/mol. The lowest BCUT2D eigenvalue weighted by Crippen LogP contribution is -2.53. The van der Waals surface area contributed by atoms with Crippen molar-refractivity contribution in [3.8, 4) is 0 Å². The lowest BCUT2D eigenvalue weighted by atomic mass is 9.46. The molecule has 0 amide bonds. The van der Waals surface area contributed by atoms with Crippen molar-refractivity contribution >= 4 is 11.6 Å². The molecule has 6 nitrogen and oxygen atoms in total. The zero-order valence-electron chi connectivity index (χ0n) is 16.2. The first-order chi connectivity index (χ1) is 12.8. The summed E-state index contributed by atoms with van der Waals surface area (Å²) in [4.78, 5) is 40.1. The maximum atomic E-state index is 12.4. The molecule has 3 fully saturated rings. The van der Waals surface area contributed by atoms with Crippen LogP contribution in [0.15, 0.2) is 11.6 Å². The van der Waals surface area contributed by atoms with E-state index in [4.69, 9.17) is 4.84 Å². The van der Waals surface area contributed by atoms with Gasteiger partial charge in [-0.2, -0.15) is 0 Å². The highest BCUT2D eigenvalue weighted by Crippen LogP contribution is 2.66. The van der Waals surface area contributed by atoms with Gasteiger partial charge in [0.2, 0.25) is 0 Å². The largest absolute Gasteiger partial charge is 0.313 e. The first-order valence-corrected chi connectivity index (χ1v) is 10.3. The van der Waals surface area contributed by atoms with Gasteiger partial charge in [-0.15, -0.1) is 10.1 Å². The number of fused-ring (bicyclic) bond motifs is 5. The maximum absolute atomic E-state index is 12.4. The number of Topliss-reactive ketones (excluding diaryl/α,β-unsaturated/α-hetero) is 1. The summed E-state index contributed by atoms with van der Waals surface area (Å²) in [5.74, 6) is 1.55. The molecule has 6 atom stereocenters. The van der Waals surface area contributed by atoms with Gasteiger partial charge in [-0.3, -0.25) is 9.59 Å². The smallest absolute Gasteiger partial charge is 0.294 e. The Balaban J connectivity index is 1.67. The molecule has 6 heteroatoms. The molecule has 0 aromatic rings. The van der Waals surface area contributed by atoms with E-state index in [9.17, 15) is 19.7 Å². The summed E-state index contributed by atoms with van der Waals surface area (Å²) < 4.78 is 0. The second-order valence-corrected chi connectivity index (χ2v) is 9.48. The van der Waals surface area contributed by atoms with Gasteiger partial charge in [-0.25, -0.2) is 0 Å². The second kappa shape index (κ2) is 6.42. The standard InChI is InChI=1S/C21H29NO5/c1-13(23)17-5-6-19-16-4-3-14-11-15(24)7-9-20(14,2)18(16)8-10-21(17,19)12-27-22(25)26/h11,16-19H,3-10,12H2,1-2H3/t16?,17-,18+,19+,20+,21+/m1/s1. The van der Waals surface area contributed by atoms with Gasteiger partial charge < -0.3 is 4.84 Å². The highest BCUT2D eigenvalue weighted by Gasteiger charge is 2.61. The summed E-state index contributed by atoms with van der Waals surface area (Å²) in [6.07, 6.45) is 8.96. The van der Waals surface area contributed by atoms with Crippen LogP contribution in [0.5, 0.6) is 0 Å². The SMILES string of the molecule is CC(=O)[C@H]1CC[C@H]2C3CCC4=CC(=O)CC[C@]4(C)[C@H]3CC[C@]12CO[N+](=O)[O-]. The van der Waals surface area contributed by atoms with Gasteiger partial charge in [0.05, 0.1) is 0 Å². The first-order valence-electron chi connectivity index (χ1n) is 10.3. The molecule has 0 aromatic heterocycles. The second-order valence-electron chi connectivity index (χ2n) is 9.48. The third-order valence-corrected chi connectivity index (χ3v) is 8.61. The van der Waals surface area contributed by atoms with E-state index in [1.807, 2.05) is 6.08 Å². The van der Waals surface area contributed by atoms with Crippen LogP contribution in [0.3, 0.4) is 0 Å². The van der Waals surface area contributed by atoms with Crippen LogP contribution >= 0.6 is 0 Å². The summed E-state index contributed by atoms with van der Waals surface area (Å²) >= 11 is 0. The van der Waals surface area contributed by atoms with Crippen LogP contribution in [-0.4, -0.2) is 23.3 Å². The van der Waals surface area contributed by atoms with Crippen LogP contribution in [0.2, 0.25) is 0 Å². The van der Waals surface area contributed by atoms with E-state index < -0.39 is 5.09 Å². The summed E-state index contributed by atoms with van der Waals surface area (Å²) in [6.45, 7) is 4.00. The highest BCUT2D eigenvalue weighted by atomic mass is 16.9. The Kier molecular flexibility index (Phi) is 4.43. The Morgan fingerprint density at radius 1 is 1.22 bits per heavy atom. The summed E-state index contributed by atoms with van der Waals surface area (Å²) in [5, 5.41) is 10.2. The molecule has 0 saturated heterocycles. The minimum atomic E-state index is -0.705. The Morgan fingerprint density at radius 3 is 2.70 bits per heavy atom. The number of hydrogen-bond acceptors (Lipinski definition) is 5. The highest BCUT2D eigenvalue weighted by molar-refractivity contribution is 5.91. The molecule has 4 rings (SSSR count). The van der Waals surface area contributed by atoms with E-state index in [1.165, 1.54) is 5.57 Å². The van der Waals surface area contributed by atoms with Gasteiger partial charge >= 0.3 is 0 Å². The first kappa shape index (κ1) is 18.6. The van der Waals surface area contributed by atoms with E-state index in [0.29, 0.717) is 24.2 Å². The fourth-order valence-corrected chi connectivity index (χ4v) is 7.43. The Bertz CT molecular complexity index is 715. The number of hydrogen-bond donors (Lipinski definition) is 0. The van der Waals surface area contributed by atoms with Crippen molar-refractivity contribution in [1.29, 1.82) is 0 Å². The van der Waals surface area contributed by atoms with Crippen LogP contribution in [0.1, 0.15) is 65.2 Å². The van der Waals surface area contributed by atoms with Crippen molar-refractivity contribution in [1.82, 2.24) is 0 Å². The van der Waals surface area contributed by atoms with E-state index in [2.05, 4.69) is 6.92 Å². The summed E-state index contributed by atoms with van der Waals surface area (Å²) in [5.41, 5.74) is 0.999. The predicted octanol–water partition coefficient (Wildman–Crippen LogP) is 3.91. The van der Waals surface area contributed by atoms with Gasteiger partial charge in [-0.1, -0.05) is 12.5 Å². The zero-order chi connectivity index (χ0) is 19.4. The lowest BCUT2D eigenvalue weighted by molar-refractivity contribution is -0.761. The van der Waals surface area contributed by atoms with E-state index >= 15 is 0 Å². The van der Waals surface area contributed by atoms with Crippen LogP contribution in [0, 0.1) is 44.6 Å². The summed E-state index contributed by atoms with van der Waals surface area (Å²) in [7, 11) is 0. The Hall–Kier alpha value is -1.72. The molecule has 0 N–H and O–H groups in total. The number of rotatable bonds is 4. The van der Waals surface area contributed by atoms with Gasteiger partial charge in [-0.05, 0) is 81.1 Å². The van der Waals surface area contributed by atoms with Gasteiger partial charge in [0.1, 0.15) is 12.4 Å². The normalized spacial score (nSPS) is 43.2. The lowest BCUT2D eigenvalue weighted by Gasteiger charge is -2.58. The third-order valence-electron chi connectivity index (χ3n) is 8.61. The molecular formula is C21H29NO5. The Morgan fingerprint density at radius 2 is 2.00 bits per heavy atom. The van der Waals surface area contributed by atoms with Crippen molar-refractivity contribution in [2.75, 3.05) is 6.61 Å². The van der Waals surface area contributed by atoms with Crippen molar-refractivity contribution in [3.05, 3.63) is 21.8 Å². The monoisotopic (exact) mass is 375 g/mol. The van der Waals surface area contributed by atoms with Crippen LogP contribution in [0.25, 0.3) is 0 Å². The zero-order valence-corrected chi connectivity index (χ0v) is 16.2. The van der Waals surface area contributed by atoms with Crippen LogP contribution in [-0.2, 0) is 14.4 Å². The molecule has 4 aliphatic carbocycles. The van der Waals surface area contributed by atoms with Crippen molar-refractivity contribution < 1.29 is 19.5 Å². The number of carbonyl (C=O) groups is 2. The fourth-order valence-electron chi connectivity index (χ4n) is 7.43. The number of allylic oxidation sites excluding steroid dienone is 1. The molecule has 0 bridgehead atoms. The average molecular weight is 375 g/mol. The van der Waals surface area contributed by atoms with Crippen molar-refractivity contribution in [3.63, 3.8) is 0 Å². The van der Waals surface area contributed by atoms with Gasteiger partial charge in [0.15, 0.2) is 5.78 Å². The van der Waals surface area contributed by atoms with Gasteiger partial charge in [0.25, 0.3) is 5.09 Å². The molecule has 0 aliphatic heterocycles. The molecule has 4 aliphatic rings. The minimum Gasteiger partial charge on any atom is -0.313 e. The topological polar surface area (TPSA) is 86.5 Å². The molecule has 0 spiro atoms. The molecule has 0 radical (unpaired) electrons. The molecule has 0 heterocycles. The number of carbonyl (C=O) groups excluding carboxylic acids is 2. The number of nitrogens with zero attached hydrogens (tertiary/aromatic N) is 1. The van der Waals surface area contributed by atoms with Crippen LogP contribution in [0.4, 0.5) is 0 Å². The molecule has 3 saturated carbocycles. The average Bonchev–Trinajstić information content (AvgIpc) is 3.00. The Labute approximate surface area is 159 Å². The maximum Gasteiger partial charge on any atom is 0.294 e. The van der Waals surface area contributed by atoms with Crippen LogP contribution < -0.4 is 0 Å². The fraction of sp³-hybridized carbons (Fsp3) is 0.810. The molecule has 0 aromatic carbocycles. The minimum absolute atomic E-state index is 0.0516. The van der Waals surface area contributed by atoms with E-state index in [-0.39, 0.29) is 34.9 Å². The van der Waals surface area contributed by atoms with Crippen molar-refractivity contribution in [2.24, 2.45) is 34.5 Å². The molecule has 1 unspecified atom stereocenters. The van der Waals surface area contributed by atoms with Crippen molar-refractivity contribution in [2.45, 2.75) is 65.2 Å². The molecular weight excluding hydrogens is 346 g/mol. The third kappa shape index (κ3) is 2.74.